The first kappa shape index (κ1) is 29.4. The first-order chi connectivity index (χ1) is 6.22. The maximum Gasteiger partial charge on any atom is 0.320 e. The second-order valence-corrected chi connectivity index (χ2v) is 1.98. The van der Waals surface area contributed by atoms with Gasteiger partial charge in [0.1, 0.15) is 13.3 Å². The molecule has 0 saturated heterocycles. The highest BCUT2D eigenvalue weighted by Crippen LogP contribution is 1.83. The quantitative estimate of drug-likeness (QED) is 0.607. The molecule has 102 valence electrons. The molecule has 0 aliphatic carbocycles. The van der Waals surface area contributed by atoms with Crippen LogP contribution in [0.5, 0.6) is 0 Å². The normalized spacial score (nSPS) is 5.94. The van der Waals surface area contributed by atoms with E-state index in [1.54, 1.807) is 0 Å². The van der Waals surface area contributed by atoms with Gasteiger partial charge in [-0.1, -0.05) is 29.7 Å². The van der Waals surface area contributed by atoms with E-state index in [9.17, 15) is 14.4 Å². The van der Waals surface area contributed by atoms with Crippen LogP contribution >= 0.6 is 0 Å². The van der Waals surface area contributed by atoms with Crippen molar-refractivity contribution < 1.29 is 14.4 Å². The van der Waals surface area contributed by atoms with Crippen molar-refractivity contribution in [1.29, 1.82) is 0 Å². The number of aliphatic imine (C=N–C) groups is 2. The molecule has 2 amide bonds. The highest BCUT2D eigenvalue weighted by atomic mass is 16.2. The Bertz CT molecular complexity index is 269. The van der Waals surface area contributed by atoms with Crippen LogP contribution in [0.15, 0.2) is 9.98 Å². The Morgan fingerprint density at radius 2 is 1.59 bits per heavy atom. The molecule has 0 bridgehead atoms. The Hall–Kier alpha value is -1.97. The van der Waals surface area contributed by atoms with Crippen molar-refractivity contribution >= 4 is 18.2 Å². The lowest BCUT2D eigenvalue weighted by molar-refractivity contribution is 0.210. The van der Waals surface area contributed by atoms with Crippen molar-refractivity contribution in [3.63, 3.8) is 0 Å². The molecule has 7 nitrogen and oxygen atoms in total. The highest BCUT2D eigenvalue weighted by molar-refractivity contribution is 5.73. The molecular formula is C10H24N4O3. The van der Waals surface area contributed by atoms with E-state index in [1.165, 1.54) is 19.2 Å². The van der Waals surface area contributed by atoms with Crippen molar-refractivity contribution in [2.75, 3.05) is 20.4 Å². The van der Waals surface area contributed by atoms with Gasteiger partial charge in [0, 0.05) is 7.05 Å². The van der Waals surface area contributed by atoms with Crippen LogP contribution in [-0.2, 0) is 9.59 Å². The molecule has 0 radical (unpaired) electrons. The standard InChI is InChI=1S/C6H8N4O3.4CH4/c1-10(3-8-5-12)6(13)9-2-7-4-11;;;;/h2-3H2,1H3,(H,9,13);4*1H4. The zero-order chi connectivity index (χ0) is 10.1. The zero-order valence-corrected chi connectivity index (χ0v) is 6.98. The van der Waals surface area contributed by atoms with Gasteiger partial charge >= 0.3 is 6.03 Å². The summed E-state index contributed by atoms with van der Waals surface area (Å²) in [7, 11) is 1.43. The third kappa shape index (κ3) is 16.7. The van der Waals surface area contributed by atoms with Gasteiger partial charge in [0.2, 0.25) is 12.2 Å². The number of carbonyl (C=O) groups excluding carboxylic acids is 3. The van der Waals surface area contributed by atoms with E-state index in [4.69, 9.17) is 0 Å². The second kappa shape index (κ2) is 19.6. The highest BCUT2D eigenvalue weighted by Gasteiger charge is 2.04. The monoisotopic (exact) mass is 248 g/mol. The van der Waals surface area contributed by atoms with Crippen molar-refractivity contribution in [1.82, 2.24) is 10.2 Å². The lowest BCUT2D eigenvalue weighted by Crippen LogP contribution is -2.37. The largest absolute Gasteiger partial charge is 0.320 e. The van der Waals surface area contributed by atoms with Gasteiger partial charge in [-0.15, -0.1) is 0 Å². The molecule has 0 atom stereocenters. The van der Waals surface area contributed by atoms with Crippen LogP contribution in [-0.4, -0.2) is 43.5 Å². The van der Waals surface area contributed by atoms with Gasteiger partial charge in [0.05, 0.1) is 0 Å². The topological polar surface area (TPSA) is 91.2 Å². The molecule has 0 saturated carbocycles. The number of urea groups is 1. The molecule has 0 aromatic carbocycles. The van der Waals surface area contributed by atoms with Crippen LogP contribution < -0.4 is 5.32 Å². The number of isocyanates is 2. The summed E-state index contributed by atoms with van der Waals surface area (Å²) in [5.74, 6) is 0. The predicted octanol–water partition coefficient (Wildman–Crippen LogP) is 1.76. The number of rotatable bonds is 4. The Morgan fingerprint density at radius 1 is 1.12 bits per heavy atom. The fourth-order valence-electron chi connectivity index (χ4n) is 0.474. The van der Waals surface area contributed by atoms with Crippen LogP contribution in [0.1, 0.15) is 29.7 Å². The van der Waals surface area contributed by atoms with Gasteiger partial charge in [-0.2, -0.15) is 9.98 Å². The van der Waals surface area contributed by atoms with E-state index in [1.807, 2.05) is 0 Å². The Labute approximate surface area is 104 Å². The number of carbonyl (C=O) groups is 1. The predicted molar refractivity (Wildman–Crippen MR) is 69.2 cm³/mol. The number of hydrogen-bond donors (Lipinski definition) is 1. The molecule has 1 N–H and O–H groups in total. The Balaban J connectivity index is -0.000000120. The van der Waals surface area contributed by atoms with Crippen molar-refractivity contribution in [3.05, 3.63) is 0 Å². The molecule has 0 spiro atoms. The summed E-state index contributed by atoms with van der Waals surface area (Å²) in [4.78, 5) is 37.6. The van der Waals surface area contributed by atoms with Gasteiger partial charge in [-0.05, 0) is 0 Å². The smallest absolute Gasteiger partial charge is 0.318 e. The molecule has 0 fully saturated rings. The number of amides is 2. The summed E-state index contributed by atoms with van der Waals surface area (Å²) in [5.41, 5.74) is 0. The summed E-state index contributed by atoms with van der Waals surface area (Å²) in [6, 6.07) is -0.488. The van der Waals surface area contributed by atoms with Gasteiger partial charge in [0.25, 0.3) is 0 Å². The van der Waals surface area contributed by atoms with Crippen LogP contribution in [0.2, 0.25) is 0 Å². The number of nitrogens with one attached hydrogen (secondary N) is 1. The lowest BCUT2D eigenvalue weighted by atomic mass is 10.7. The Morgan fingerprint density at radius 3 is 2.00 bits per heavy atom. The minimum Gasteiger partial charge on any atom is -0.318 e. The first-order valence-electron chi connectivity index (χ1n) is 3.28. The summed E-state index contributed by atoms with van der Waals surface area (Å²) in [5, 5.41) is 2.26. The molecule has 7 heteroatoms. The van der Waals surface area contributed by atoms with Crippen LogP contribution in [0.3, 0.4) is 0 Å². The van der Waals surface area contributed by atoms with Crippen LogP contribution in [0.4, 0.5) is 4.79 Å². The summed E-state index contributed by atoms with van der Waals surface area (Å²) < 4.78 is 0. The average molecular weight is 248 g/mol. The number of nitrogens with zero attached hydrogens (tertiary/aromatic N) is 3. The second-order valence-electron chi connectivity index (χ2n) is 1.98. The fraction of sp³-hybridized carbons (Fsp3) is 0.700. The van der Waals surface area contributed by atoms with E-state index in [0.717, 1.165) is 4.90 Å². The minimum atomic E-state index is -0.488. The van der Waals surface area contributed by atoms with Crippen molar-refractivity contribution in [3.8, 4) is 0 Å². The molecule has 0 rings (SSSR count). The molecule has 0 aromatic heterocycles. The summed E-state index contributed by atoms with van der Waals surface area (Å²) in [6.07, 6.45) is 2.55. The van der Waals surface area contributed by atoms with E-state index in [0.29, 0.717) is 0 Å². The maximum atomic E-state index is 11.0. The third-order valence-electron chi connectivity index (χ3n) is 1.07. The lowest BCUT2D eigenvalue weighted by Gasteiger charge is -2.12. The van der Waals surface area contributed by atoms with E-state index in [-0.39, 0.29) is 43.0 Å². The van der Waals surface area contributed by atoms with Gasteiger partial charge in [-0.25, -0.2) is 14.4 Å². The molecule has 0 heterocycles. The Kier molecular flexibility index (Phi) is 33.9. The summed E-state index contributed by atoms with van der Waals surface area (Å²) >= 11 is 0. The van der Waals surface area contributed by atoms with E-state index >= 15 is 0 Å². The zero-order valence-electron chi connectivity index (χ0n) is 6.98. The van der Waals surface area contributed by atoms with Gasteiger partial charge < -0.3 is 10.2 Å². The maximum absolute atomic E-state index is 11.0. The van der Waals surface area contributed by atoms with Crippen molar-refractivity contribution in [2.45, 2.75) is 29.7 Å². The molecule has 0 aliphatic rings. The molecule has 0 aliphatic heterocycles. The number of hydrogen-bond acceptors (Lipinski definition) is 5. The fourth-order valence-corrected chi connectivity index (χ4v) is 0.474. The molecule has 0 unspecified atom stereocenters. The van der Waals surface area contributed by atoms with Crippen LogP contribution in [0.25, 0.3) is 0 Å². The van der Waals surface area contributed by atoms with Crippen LogP contribution in [0, 0.1) is 0 Å². The summed E-state index contributed by atoms with van der Waals surface area (Å²) in [6.45, 7) is -0.225. The first-order valence-corrected chi connectivity index (χ1v) is 3.28. The van der Waals surface area contributed by atoms with Crippen molar-refractivity contribution in [2.24, 2.45) is 9.98 Å². The minimum absolute atomic E-state index is 0. The molecular weight excluding hydrogens is 224 g/mol. The SMILES string of the molecule is C.C.C.C.CN(CN=C=O)C(=O)NCN=C=O. The third-order valence-corrected chi connectivity index (χ3v) is 1.07. The molecule has 17 heavy (non-hydrogen) atoms. The molecule has 0 aromatic rings. The van der Waals surface area contributed by atoms with Gasteiger partial charge in [-0.3, -0.25) is 0 Å². The van der Waals surface area contributed by atoms with E-state index in [2.05, 4.69) is 15.3 Å². The van der Waals surface area contributed by atoms with E-state index < -0.39 is 6.03 Å². The van der Waals surface area contributed by atoms with Gasteiger partial charge in [0.15, 0.2) is 0 Å². The average Bonchev–Trinajstić information content (AvgIpc) is 2.14.